The zero-order valence-electron chi connectivity index (χ0n) is 20.2. The van der Waals surface area contributed by atoms with Crippen molar-refractivity contribution in [3.8, 4) is 0 Å². The lowest BCUT2D eigenvalue weighted by Crippen LogP contribution is -2.51. The van der Waals surface area contributed by atoms with E-state index in [1.165, 1.54) is 4.90 Å². The van der Waals surface area contributed by atoms with Crippen molar-refractivity contribution in [1.82, 2.24) is 10.2 Å². The van der Waals surface area contributed by atoms with E-state index in [0.29, 0.717) is 12.2 Å². The molecule has 2 aromatic rings. The number of benzene rings is 2. The number of aryl methyl sites for hydroxylation is 2. The summed E-state index contributed by atoms with van der Waals surface area (Å²) in [7, 11) is -3.72. The second-order valence-electron chi connectivity index (χ2n) is 8.38. The van der Waals surface area contributed by atoms with Crippen molar-refractivity contribution in [2.75, 3.05) is 23.7 Å². The molecule has 1 atom stereocenters. The molecule has 2 rings (SSSR count). The lowest BCUT2D eigenvalue weighted by molar-refractivity contribution is -0.139. The summed E-state index contributed by atoms with van der Waals surface area (Å²) < 4.78 is 26.2. The van der Waals surface area contributed by atoms with E-state index in [1.807, 2.05) is 51.1 Å². The first-order chi connectivity index (χ1) is 15.5. The zero-order chi connectivity index (χ0) is 24.6. The van der Waals surface area contributed by atoms with Crippen LogP contribution in [-0.2, 0) is 26.2 Å². The largest absolute Gasteiger partial charge is 0.354 e. The van der Waals surface area contributed by atoms with Crippen LogP contribution in [0.25, 0.3) is 0 Å². The average molecular weight is 474 g/mol. The SMILES string of the molecule is CCCCNC(=O)[C@@H](C)N(Cc1ccccc1C)C(=O)CN(c1cccc(C)c1)S(C)(=O)=O. The van der Waals surface area contributed by atoms with Crippen molar-refractivity contribution in [1.29, 1.82) is 0 Å². The molecule has 0 heterocycles. The second-order valence-corrected chi connectivity index (χ2v) is 10.3. The number of anilines is 1. The molecule has 0 aliphatic rings. The molecule has 0 aromatic heterocycles. The number of amides is 2. The van der Waals surface area contributed by atoms with E-state index in [9.17, 15) is 18.0 Å². The molecule has 0 radical (unpaired) electrons. The minimum absolute atomic E-state index is 0.208. The van der Waals surface area contributed by atoms with Gasteiger partial charge in [0, 0.05) is 13.1 Å². The van der Waals surface area contributed by atoms with E-state index in [2.05, 4.69) is 5.32 Å². The molecular formula is C25H35N3O4S. The Labute approximate surface area is 197 Å². The van der Waals surface area contributed by atoms with Gasteiger partial charge in [-0.05, 0) is 56.0 Å². The highest BCUT2D eigenvalue weighted by Crippen LogP contribution is 2.20. The Hall–Kier alpha value is -2.87. The summed E-state index contributed by atoms with van der Waals surface area (Å²) in [6, 6.07) is 13.9. The van der Waals surface area contributed by atoms with E-state index < -0.39 is 22.0 Å². The van der Waals surface area contributed by atoms with Gasteiger partial charge in [0.2, 0.25) is 21.8 Å². The lowest BCUT2D eigenvalue weighted by atomic mass is 10.1. The van der Waals surface area contributed by atoms with E-state index in [-0.39, 0.29) is 19.0 Å². The summed E-state index contributed by atoms with van der Waals surface area (Å²) >= 11 is 0. The monoisotopic (exact) mass is 473 g/mol. The van der Waals surface area contributed by atoms with Crippen molar-refractivity contribution in [3.05, 3.63) is 65.2 Å². The van der Waals surface area contributed by atoms with Gasteiger partial charge in [-0.3, -0.25) is 13.9 Å². The third-order valence-electron chi connectivity index (χ3n) is 5.57. The van der Waals surface area contributed by atoms with Gasteiger partial charge in [-0.15, -0.1) is 0 Å². The van der Waals surface area contributed by atoms with Gasteiger partial charge in [0.1, 0.15) is 12.6 Å². The molecule has 0 aliphatic heterocycles. The number of carbonyl (C=O) groups excluding carboxylic acids is 2. The summed E-state index contributed by atoms with van der Waals surface area (Å²) in [6.45, 7) is 7.87. The summed E-state index contributed by atoms with van der Waals surface area (Å²) in [5, 5.41) is 2.88. The third-order valence-corrected chi connectivity index (χ3v) is 6.71. The van der Waals surface area contributed by atoms with Gasteiger partial charge < -0.3 is 10.2 Å². The highest BCUT2D eigenvalue weighted by molar-refractivity contribution is 7.92. The predicted octanol–water partition coefficient (Wildman–Crippen LogP) is 3.40. The van der Waals surface area contributed by atoms with Gasteiger partial charge in [-0.1, -0.05) is 49.7 Å². The molecule has 0 unspecified atom stereocenters. The maximum atomic E-state index is 13.5. The molecule has 0 saturated heterocycles. The zero-order valence-corrected chi connectivity index (χ0v) is 21.0. The Morgan fingerprint density at radius 2 is 1.76 bits per heavy atom. The molecule has 8 heteroatoms. The summed E-state index contributed by atoms with van der Waals surface area (Å²) in [5.41, 5.74) is 3.20. The molecule has 1 N–H and O–H groups in total. The van der Waals surface area contributed by atoms with Crippen molar-refractivity contribution < 1.29 is 18.0 Å². The number of rotatable bonds is 11. The van der Waals surface area contributed by atoms with Crippen LogP contribution in [0.4, 0.5) is 5.69 Å². The van der Waals surface area contributed by atoms with Crippen LogP contribution < -0.4 is 9.62 Å². The highest BCUT2D eigenvalue weighted by Gasteiger charge is 2.30. The van der Waals surface area contributed by atoms with Crippen LogP contribution in [0.2, 0.25) is 0 Å². The lowest BCUT2D eigenvalue weighted by Gasteiger charge is -2.32. The van der Waals surface area contributed by atoms with Crippen LogP contribution in [0.3, 0.4) is 0 Å². The first-order valence-electron chi connectivity index (χ1n) is 11.2. The van der Waals surface area contributed by atoms with Crippen molar-refractivity contribution in [2.24, 2.45) is 0 Å². The molecule has 33 heavy (non-hydrogen) atoms. The number of carbonyl (C=O) groups is 2. The van der Waals surface area contributed by atoms with Crippen LogP contribution in [0.15, 0.2) is 48.5 Å². The molecule has 0 saturated carbocycles. The molecule has 0 fully saturated rings. The third kappa shape index (κ3) is 7.60. The smallest absolute Gasteiger partial charge is 0.244 e. The van der Waals surface area contributed by atoms with Crippen LogP contribution in [0.1, 0.15) is 43.4 Å². The Kier molecular flexibility index (Phi) is 9.46. The normalized spacial score (nSPS) is 12.2. The van der Waals surface area contributed by atoms with Crippen molar-refractivity contribution >= 4 is 27.5 Å². The Morgan fingerprint density at radius 1 is 1.06 bits per heavy atom. The topological polar surface area (TPSA) is 86.8 Å². The maximum Gasteiger partial charge on any atom is 0.244 e. The Bertz CT molecular complexity index is 1070. The number of sulfonamides is 1. The molecule has 2 amide bonds. The summed E-state index contributed by atoms with van der Waals surface area (Å²) in [4.78, 5) is 27.7. The minimum atomic E-state index is -3.72. The second kappa shape index (κ2) is 11.8. The van der Waals surface area contributed by atoms with E-state index >= 15 is 0 Å². The van der Waals surface area contributed by atoms with E-state index in [4.69, 9.17) is 0 Å². The molecular weight excluding hydrogens is 438 g/mol. The van der Waals surface area contributed by atoms with Crippen LogP contribution >= 0.6 is 0 Å². The number of hydrogen-bond donors (Lipinski definition) is 1. The maximum absolute atomic E-state index is 13.5. The predicted molar refractivity (Wildman–Crippen MR) is 132 cm³/mol. The van der Waals surface area contributed by atoms with Crippen LogP contribution in [0.5, 0.6) is 0 Å². The number of nitrogens with one attached hydrogen (secondary N) is 1. The number of hydrogen-bond acceptors (Lipinski definition) is 4. The Morgan fingerprint density at radius 3 is 2.36 bits per heavy atom. The highest BCUT2D eigenvalue weighted by atomic mass is 32.2. The van der Waals surface area contributed by atoms with Gasteiger partial charge in [-0.25, -0.2) is 8.42 Å². The van der Waals surface area contributed by atoms with Gasteiger partial charge in [0.15, 0.2) is 0 Å². The fraction of sp³-hybridized carbons (Fsp3) is 0.440. The van der Waals surface area contributed by atoms with Gasteiger partial charge in [-0.2, -0.15) is 0 Å². The van der Waals surface area contributed by atoms with Crippen LogP contribution in [0, 0.1) is 13.8 Å². The standard InChI is InChI=1S/C25H35N3O4S/c1-6-7-15-26-25(30)21(4)27(17-22-13-9-8-12-20(22)3)24(29)18-28(33(5,31)32)23-14-10-11-19(2)16-23/h8-14,16,21H,6-7,15,17-18H2,1-5H3,(H,26,30)/t21-/m1/s1. The quantitative estimate of drug-likeness (QED) is 0.507. The molecule has 0 bridgehead atoms. The molecule has 0 aliphatic carbocycles. The first-order valence-corrected chi connectivity index (χ1v) is 13.1. The summed E-state index contributed by atoms with van der Waals surface area (Å²) in [5.74, 6) is -0.699. The van der Waals surface area contributed by atoms with Crippen molar-refractivity contribution in [2.45, 2.75) is 53.1 Å². The number of nitrogens with zero attached hydrogens (tertiary/aromatic N) is 2. The molecule has 180 valence electrons. The van der Waals surface area contributed by atoms with E-state index in [1.54, 1.807) is 25.1 Å². The first kappa shape index (κ1) is 26.4. The molecule has 2 aromatic carbocycles. The number of unbranched alkanes of at least 4 members (excludes halogenated alkanes) is 1. The average Bonchev–Trinajstić information content (AvgIpc) is 2.75. The van der Waals surface area contributed by atoms with Gasteiger partial charge >= 0.3 is 0 Å². The van der Waals surface area contributed by atoms with Crippen molar-refractivity contribution in [3.63, 3.8) is 0 Å². The van der Waals surface area contributed by atoms with Gasteiger partial charge in [0.25, 0.3) is 0 Å². The summed E-state index contributed by atoms with van der Waals surface area (Å²) in [6.07, 6.45) is 2.87. The molecule has 7 nitrogen and oxygen atoms in total. The van der Waals surface area contributed by atoms with Crippen LogP contribution in [-0.4, -0.2) is 50.5 Å². The fourth-order valence-electron chi connectivity index (χ4n) is 3.49. The minimum Gasteiger partial charge on any atom is -0.354 e. The fourth-order valence-corrected chi connectivity index (χ4v) is 4.33. The van der Waals surface area contributed by atoms with E-state index in [0.717, 1.165) is 40.1 Å². The van der Waals surface area contributed by atoms with Gasteiger partial charge in [0.05, 0.1) is 11.9 Å². The molecule has 0 spiro atoms. The Balaban J connectivity index is 2.36.